The van der Waals surface area contributed by atoms with Gasteiger partial charge in [0.05, 0.1) is 11.6 Å². The molecule has 0 aliphatic carbocycles. The molecule has 1 amide bonds. The first-order valence-electron chi connectivity index (χ1n) is 6.59. The van der Waals surface area contributed by atoms with E-state index < -0.39 is 11.7 Å². The lowest BCUT2D eigenvalue weighted by Gasteiger charge is -2.08. The number of halogens is 3. The Labute approximate surface area is 142 Å². The minimum absolute atomic E-state index is 0.206. The van der Waals surface area contributed by atoms with Crippen molar-refractivity contribution in [1.29, 1.82) is 0 Å². The highest BCUT2D eigenvalue weighted by molar-refractivity contribution is 6.35. The summed E-state index contributed by atoms with van der Waals surface area (Å²) in [7, 11) is 0. The van der Waals surface area contributed by atoms with Gasteiger partial charge in [0.15, 0.2) is 12.4 Å². The van der Waals surface area contributed by atoms with Crippen LogP contribution >= 0.6 is 23.2 Å². The summed E-state index contributed by atoms with van der Waals surface area (Å²) in [4.78, 5) is 23.5. The molecule has 0 heterocycles. The SMILES string of the molecule is O=C(COc1ccc(Cl)cc1Cl)NCC(=O)c1ccc(F)cc1. The molecule has 0 unspecified atom stereocenters. The van der Waals surface area contributed by atoms with Crippen LogP contribution in [0.5, 0.6) is 5.75 Å². The van der Waals surface area contributed by atoms with E-state index in [0.29, 0.717) is 16.3 Å². The van der Waals surface area contributed by atoms with Gasteiger partial charge in [-0.25, -0.2) is 4.39 Å². The molecule has 120 valence electrons. The summed E-state index contributed by atoms with van der Waals surface area (Å²) >= 11 is 11.7. The summed E-state index contributed by atoms with van der Waals surface area (Å²) in [6.45, 7) is -0.500. The second-order valence-corrected chi connectivity index (χ2v) is 5.41. The molecule has 0 saturated heterocycles. The molecule has 1 N–H and O–H groups in total. The fraction of sp³-hybridized carbons (Fsp3) is 0.125. The minimum Gasteiger partial charge on any atom is -0.482 e. The zero-order valence-corrected chi connectivity index (χ0v) is 13.3. The molecule has 7 heteroatoms. The van der Waals surface area contributed by atoms with E-state index in [4.69, 9.17) is 27.9 Å². The Kier molecular flexibility index (Phi) is 5.96. The molecule has 0 aromatic heterocycles. The monoisotopic (exact) mass is 355 g/mol. The van der Waals surface area contributed by atoms with E-state index in [1.807, 2.05) is 0 Å². The van der Waals surface area contributed by atoms with Crippen LogP contribution in [0.4, 0.5) is 4.39 Å². The van der Waals surface area contributed by atoms with Gasteiger partial charge < -0.3 is 10.1 Å². The predicted octanol–water partition coefficient (Wildman–Crippen LogP) is 3.51. The second kappa shape index (κ2) is 7.94. The van der Waals surface area contributed by atoms with E-state index in [2.05, 4.69) is 5.32 Å². The van der Waals surface area contributed by atoms with E-state index >= 15 is 0 Å². The Bertz CT molecular complexity index is 720. The van der Waals surface area contributed by atoms with Gasteiger partial charge in [-0.3, -0.25) is 9.59 Å². The van der Waals surface area contributed by atoms with Crippen LogP contribution in [0.3, 0.4) is 0 Å². The number of nitrogens with one attached hydrogen (secondary N) is 1. The Balaban J connectivity index is 1.81. The third kappa shape index (κ3) is 5.23. The van der Waals surface area contributed by atoms with Crippen LogP contribution in [0, 0.1) is 5.82 Å². The van der Waals surface area contributed by atoms with Crippen molar-refractivity contribution in [2.45, 2.75) is 0 Å². The standard InChI is InChI=1S/C16H12Cl2FNO3/c17-11-3-6-15(13(18)7-11)23-9-16(22)20-8-14(21)10-1-4-12(19)5-2-10/h1-7H,8-9H2,(H,20,22). The topological polar surface area (TPSA) is 55.4 Å². The number of benzene rings is 2. The van der Waals surface area contributed by atoms with Crippen LogP contribution in [0.2, 0.25) is 10.0 Å². The first-order chi connectivity index (χ1) is 11.0. The van der Waals surface area contributed by atoms with E-state index in [9.17, 15) is 14.0 Å². The number of ketones is 1. The fourth-order valence-corrected chi connectivity index (χ4v) is 2.17. The Morgan fingerprint density at radius 2 is 1.78 bits per heavy atom. The molecule has 2 aromatic carbocycles. The number of amides is 1. The van der Waals surface area contributed by atoms with Gasteiger partial charge in [-0.1, -0.05) is 23.2 Å². The highest BCUT2D eigenvalue weighted by Crippen LogP contribution is 2.27. The molecular formula is C16H12Cl2FNO3. The van der Waals surface area contributed by atoms with Crippen molar-refractivity contribution in [2.75, 3.05) is 13.2 Å². The van der Waals surface area contributed by atoms with Gasteiger partial charge in [-0.15, -0.1) is 0 Å². The van der Waals surface area contributed by atoms with Crippen molar-refractivity contribution in [3.63, 3.8) is 0 Å². The molecule has 0 atom stereocenters. The van der Waals surface area contributed by atoms with Crippen LogP contribution in [0.25, 0.3) is 0 Å². The Morgan fingerprint density at radius 1 is 1.09 bits per heavy atom. The Morgan fingerprint density at radius 3 is 2.43 bits per heavy atom. The maximum Gasteiger partial charge on any atom is 0.258 e. The Hall–Kier alpha value is -2.11. The van der Waals surface area contributed by atoms with Crippen LogP contribution in [0.1, 0.15) is 10.4 Å². The van der Waals surface area contributed by atoms with Gasteiger partial charge >= 0.3 is 0 Å². The van der Waals surface area contributed by atoms with Crippen molar-refractivity contribution < 1.29 is 18.7 Å². The maximum absolute atomic E-state index is 12.8. The first-order valence-corrected chi connectivity index (χ1v) is 7.34. The average Bonchev–Trinajstić information content (AvgIpc) is 2.52. The number of hydrogen-bond acceptors (Lipinski definition) is 3. The van der Waals surface area contributed by atoms with Gasteiger partial charge in [0, 0.05) is 10.6 Å². The average molecular weight is 356 g/mol. The molecule has 0 radical (unpaired) electrons. The lowest BCUT2D eigenvalue weighted by atomic mass is 10.1. The van der Waals surface area contributed by atoms with Gasteiger partial charge in [0.2, 0.25) is 0 Å². The first kappa shape index (κ1) is 17.2. The number of ether oxygens (including phenoxy) is 1. The minimum atomic E-state index is -0.480. The predicted molar refractivity (Wildman–Crippen MR) is 85.7 cm³/mol. The van der Waals surface area contributed by atoms with Crippen molar-refractivity contribution in [3.8, 4) is 5.75 Å². The molecule has 0 fully saturated rings. The number of Topliss-reactive ketones (excluding diaryl/α,β-unsaturated/α-hetero) is 1. The molecule has 2 aromatic rings. The van der Waals surface area contributed by atoms with E-state index in [1.165, 1.54) is 30.3 Å². The zero-order valence-electron chi connectivity index (χ0n) is 11.8. The number of hydrogen-bond donors (Lipinski definition) is 1. The largest absolute Gasteiger partial charge is 0.482 e. The number of carbonyl (C=O) groups excluding carboxylic acids is 2. The van der Waals surface area contributed by atoms with Gasteiger partial charge in [-0.05, 0) is 42.5 Å². The van der Waals surface area contributed by atoms with E-state index in [-0.39, 0.29) is 24.0 Å². The molecule has 4 nitrogen and oxygen atoms in total. The van der Waals surface area contributed by atoms with Crippen LogP contribution in [0.15, 0.2) is 42.5 Å². The quantitative estimate of drug-likeness (QED) is 0.806. The highest BCUT2D eigenvalue weighted by atomic mass is 35.5. The van der Waals surface area contributed by atoms with E-state index in [1.54, 1.807) is 12.1 Å². The molecule has 0 saturated carbocycles. The summed E-state index contributed by atoms with van der Waals surface area (Å²) in [5.74, 6) is -0.927. The summed E-state index contributed by atoms with van der Waals surface area (Å²) in [5, 5.41) is 3.16. The van der Waals surface area contributed by atoms with Crippen molar-refractivity contribution >= 4 is 34.9 Å². The molecular weight excluding hydrogens is 344 g/mol. The molecule has 0 aliphatic rings. The molecule has 0 aliphatic heterocycles. The molecule has 0 spiro atoms. The summed E-state index contributed by atoms with van der Waals surface area (Å²) in [5.41, 5.74) is 0.313. The van der Waals surface area contributed by atoms with Gasteiger partial charge in [0.1, 0.15) is 11.6 Å². The third-order valence-corrected chi connectivity index (χ3v) is 3.40. The van der Waals surface area contributed by atoms with Crippen LogP contribution in [-0.2, 0) is 4.79 Å². The van der Waals surface area contributed by atoms with Crippen molar-refractivity contribution in [3.05, 3.63) is 63.9 Å². The maximum atomic E-state index is 12.8. The van der Waals surface area contributed by atoms with E-state index in [0.717, 1.165) is 0 Å². The van der Waals surface area contributed by atoms with Crippen LogP contribution < -0.4 is 10.1 Å². The molecule has 2 rings (SSSR count). The number of carbonyl (C=O) groups is 2. The van der Waals surface area contributed by atoms with Gasteiger partial charge in [0.25, 0.3) is 5.91 Å². The lowest BCUT2D eigenvalue weighted by Crippen LogP contribution is -2.33. The molecule has 23 heavy (non-hydrogen) atoms. The second-order valence-electron chi connectivity index (χ2n) is 4.57. The number of rotatable bonds is 6. The van der Waals surface area contributed by atoms with Crippen molar-refractivity contribution in [2.24, 2.45) is 0 Å². The normalized spacial score (nSPS) is 10.2. The summed E-state index contributed by atoms with van der Waals surface area (Å²) in [6.07, 6.45) is 0. The smallest absolute Gasteiger partial charge is 0.258 e. The highest BCUT2D eigenvalue weighted by Gasteiger charge is 2.10. The zero-order chi connectivity index (χ0) is 16.8. The van der Waals surface area contributed by atoms with Gasteiger partial charge in [-0.2, -0.15) is 0 Å². The lowest BCUT2D eigenvalue weighted by molar-refractivity contribution is -0.122. The third-order valence-electron chi connectivity index (χ3n) is 2.87. The summed E-state index contributed by atoms with van der Waals surface area (Å²) < 4.78 is 18.0. The van der Waals surface area contributed by atoms with Crippen molar-refractivity contribution in [1.82, 2.24) is 5.32 Å². The van der Waals surface area contributed by atoms with Crippen LogP contribution in [-0.4, -0.2) is 24.8 Å². The summed E-state index contributed by atoms with van der Waals surface area (Å²) in [6, 6.07) is 9.69. The molecule has 0 bridgehead atoms. The fourth-order valence-electron chi connectivity index (χ4n) is 1.70.